The number of nitrogens with zero attached hydrogens (tertiary/aromatic N) is 6. The molecule has 13 heteroatoms. The lowest BCUT2D eigenvalue weighted by atomic mass is 10.0. The van der Waals surface area contributed by atoms with E-state index >= 15 is 0 Å². The van der Waals surface area contributed by atoms with Crippen molar-refractivity contribution in [2.75, 3.05) is 32.8 Å². The van der Waals surface area contributed by atoms with Crippen LogP contribution < -0.4 is 19.9 Å². The molecule has 0 radical (unpaired) electrons. The van der Waals surface area contributed by atoms with Crippen molar-refractivity contribution in [1.29, 1.82) is 0 Å². The van der Waals surface area contributed by atoms with E-state index in [1.54, 1.807) is 26.3 Å². The van der Waals surface area contributed by atoms with Crippen LogP contribution in [-0.4, -0.2) is 57.9 Å². The third kappa shape index (κ3) is 4.59. The van der Waals surface area contributed by atoms with Gasteiger partial charge in [0.05, 0.1) is 43.1 Å². The topological polar surface area (TPSA) is 114 Å². The van der Waals surface area contributed by atoms with Gasteiger partial charge in [0.1, 0.15) is 17.6 Å². The van der Waals surface area contributed by atoms with Crippen LogP contribution in [0.15, 0.2) is 47.5 Å². The number of rotatable bonds is 8. The average Bonchev–Trinajstić information content (AvgIpc) is 3.46. The molecule has 40 heavy (non-hydrogen) atoms. The number of benzene rings is 1. The lowest BCUT2D eigenvalue weighted by Crippen LogP contribution is -2.36. The third-order valence-corrected chi connectivity index (χ3v) is 7.12. The minimum absolute atomic E-state index is 0.120. The van der Waals surface area contributed by atoms with Gasteiger partial charge in [-0.25, -0.2) is 9.97 Å². The predicted molar refractivity (Wildman–Crippen MR) is 150 cm³/mol. The molecule has 1 aromatic carbocycles. The Kier molecular flexibility index (Phi) is 7.54. The van der Waals surface area contributed by atoms with Crippen LogP contribution in [0.5, 0.6) is 11.9 Å². The number of halogens is 2. The second-order valence-electron chi connectivity index (χ2n) is 9.21. The van der Waals surface area contributed by atoms with Crippen molar-refractivity contribution in [3.05, 3.63) is 80.1 Å². The van der Waals surface area contributed by atoms with Crippen LogP contribution in [0.1, 0.15) is 40.8 Å². The first-order valence-corrected chi connectivity index (χ1v) is 13.0. The highest BCUT2D eigenvalue weighted by molar-refractivity contribution is 6.31. The number of anilines is 1. The van der Waals surface area contributed by atoms with Crippen LogP contribution in [0.25, 0.3) is 11.4 Å². The Morgan fingerprint density at radius 3 is 2.40 bits per heavy atom. The van der Waals surface area contributed by atoms with Crippen LogP contribution in [0, 0.1) is 0 Å². The molecule has 0 unspecified atom stereocenters. The van der Waals surface area contributed by atoms with Gasteiger partial charge in [0.2, 0.25) is 5.88 Å². The fraction of sp³-hybridized carbons (Fsp3) is 0.296. The Bertz CT molecular complexity index is 1650. The molecule has 3 aromatic heterocycles. The Morgan fingerprint density at radius 1 is 1.02 bits per heavy atom. The van der Waals surface area contributed by atoms with E-state index in [9.17, 15) is 9.59 Å². The fourth-order valence-electron chi connectivity index (χ4n) is 4.95. The van der Waals surface area contributed by atoms with Crippen LogP contribution >= 0.6 is 23.2 Å². The number of aryl methyl sites for hydroxylation is 1. The quantitative estimate of drug-likeness (QED) is 0.301. The number of hydrogen-bond acceptors (Lipinski definition) is 8. The van der Waals surface area contributed by atoms with Gasteiger partial charge in [-0.3, -0.25) is 14.5 Å². The van der Waals surface area contributed by atoms with Gasteiger partial charge < -0.3 is 23.3 Å². The number of imidazole rings is 1. The number of hydrogen-bond donors (Lipinski definition) is 0. The highest BCUT2D eigenvalue weighted by Crippen LogP contribution is 2.45. The molecule has 2 atom stereocenters. The summed E-state index contributed by atoms with van der Waals surface area (Å²) in [6.45, 7) is 2.24. The van der Waals surface area contributed by atoms with Crippen molar-refractivity contribution in [2.24, 2.45) is 7.05 Å². The first-order chi connectivity index (χ1) is 19.2. The smallest absolute Gasteiger partial charge is 0.319 e. The Morgan fingerprint density at radius 2 is 1.75 bits per heavy atom. The molecule has 0 saturated carbocycles. The molecule has 0 fully saturated rings. The number of carbonyl (C=O) groups excluding carboxylic acids is 1. The summed E-state index contributed by atoms with van der Waals surface area (Å²) >= 11 is 12.6. The van der Waals surface area contributed by atoms with Gasteiger partial charge in [-0.1, -0.05) is 35.3 Å². The summed E-state index contributed by atoms with van der Waals surface area (Å²) in [5, 5.41) is 0.835. The molecule has 0 N–H and O–H groups in total. The van der Waals surface area contributed by atoms with Crippen molar-refractivity contribution >= 4 is 34.8 Å². The van der Waals surface area contributed by atoms with Gasteiger partial charge in [0.25, 0.3) is 11.5 Å². The van der Waals surface area contributed by atoms with E-state index in [1.807, 2.05) is 23.6 Å². The number of aromatic nitrogens is 5. The van der Waals surface area contributed by atoms with E-state index in [1.165, 1.54) is 42.1 Å². The zero-order valence-corrected chi connectivity index (χ0v) is 23.9. The molecule has 0 saturated heterocycles. The lowest BCUT2D eigenvalue weighted by Gasteiger charge is -2.29. The summed E-state index contributed by atoms with van der Waals surface area (Å²) in [4.78, 5) is 42.3. The van der Waals surface area contributed by atoms with Crippen LogP contribution in [0.4, 0.5) is 5.69 Å². The number of pyridine rings is 1. The Hall–Kier alpha value is -3.93. The highest BCUT2D eigenvalue weighted by Gasteiger charge is 2.46. The van der Waals surface area contributed by atoms with Crippen LogP contribution in [0.2, 0.25) is 10.0 Å². The molecule has 4 aromatic rings. The van der Waals surface area contributed by atoms with Gasteiger partial charge in [-0.15, -0.1) is 0 Å². The molecule has 208 valence electrons. The maximum absolute atomic E-state index is 14.2. The van der Waals surface area contributed by atoms with Gasteiger partial charge in [0.15, 0.2) is 5.69 Å². The van der Waals surface area contributed by atoms with Crippen LogP contribution in [0.3, 0.4) is 0 Å². The molecule has 1 amide bonds. The lowest BCUT2D eigenvalue weighted by molar-refractivity contribution is 0.0989. The largest absolute Gasteiger partial charge is 0.480 e. The maximum Gasteiger partial charge on any atom is 0.319 e. The third-order valence-electron chi connectivity index (χ3n) is 6.66. The maximum atomic E-state index is 14.2. The van der Waals surface area contributed by atoms with Crippen LogP contribution in [-0.2, 0) is 11.8 Å². The van der Waals surface area contributed by atoms with E-state index < -0.39 is 11.9 Å². The van der Waals surface area contributed by atoms with E-state index in [0.717, 1.165) is 0 Å². The summed E-state index contributed by atoms with van der Waals surface area (Å²) in [6, 6.07) is 7.65. The van der Waals surface area contributed by atoms with Crippen molar-refractivity contribution in [3.63, 3.8) is 0 Å². The molecular formula is C27H26Cl2N6O5. The molecule has 1 aliphatic heterocycles. The first-order valence-electron chi connectivity index (χ1n) is 12.2. The fourth-order valence-corrected chi connectivity index (χ4v) is 5.33. The molecule has 11 nitrogen and oxygen atoms in total. The molecule has 1 aliphatic rings. The summed E-state index contributed by atoms with van der Waals surface area (Å²) in [5.41, 5.74) is 1.63. The van der Waals surface area contributed by atoms with E-state index in [2.05, 4.69) is 9.97 Å². The summed E-state index contributed by atoms with van der Waals surface area (Å²) in [6.07, 6.45) is 3.02. The number of methoxy groups -OCH3 is 3. The number of amides is 1. The van der Waals surface area contributed by atoms with Gasteiger partial charge in [-0.2, -0.15) is 4.98 Å². The molecule has 5 rings (SSSR count). The molecule has 0 aliphatic carbocycles. The molecule has 4 heterocycles. The Labute approximate surface area is 239 Å². The average molecular weight is 585 g/mol. The van der Waals surface area contributed by atoms with Gasteiger partial charge >= 0.3 is 6.01 Å². The summed E-state index contributed by atoms with van der Waals surface area (Å²) in [7, 11) is 6.10. The zero-order valence-electron chi connectivity index (χ0n) is 22.4. The summed E-state index contributed by atoms with van der Waals surface area (Å²) < 4.78 is 19.4. The summed E-state index contributed by atoms with van der Waals surface area (Å²) in [5.74, 6) is 0.157. The molecule has 0 spiro atoms. The minimum Gasteiger partial charge on any atom is -0.480 e. The monoisotopic (exact) mass is 584 g/mol. The molecular weight excluding hydrogens is 559 g/mol. The number of carbonyl (C=O) groups is 1. The van der Waals surface area contributed by atoms with E-state index in [-0.39, 0.29) is 34.9 Å². The second-order valence-corrected chi connectivity index (χ2v) is 10.1. The molecule has 0 bridgehead atoms. The van der Waals surface area contributed by atoms with Crippen molar-refractivity contribution in [1.82, 2.24) is 24.1 Å². The Balaban J connectivity index is 1.82. The SMILES string of the molecule is COC[C@@H](C)n1c(-c2cnc(OC)nc2OC)nc2c1[C@H](c1ccc(Cl)cc1)N(c1cc(Cl)cn(C)c1=O)C2=O. The van der Waals surface area contributed by atoms with Crippen molar-refractivity contribution < 1.29 is 19.0 Å². The minimum atomic E-state index is -0.739. The van der Waals surface area contributed by atoms with Gasteiger partial charge in [-0.05, 0) is 30.7 Å². The highest BCUT2D eigenvalue weighted by atomic mass is 35.5. The first kappa shape index (κ1) is 27.6. The van der Waals surface area contributed by atoms with E-state index in [0.29, 0.717) is 39.3 Å². The van der Waals surface area contributed by atoms with Gasteiger partial charge in [0, 0.05) is 31.6 Å². The number of ether oxygens (including phenoxy) is 3. The number of fused-ring (bicyclic) bond motifs is 1. The van der Waals surface area contributed by atoms with Crippen molar-refractivity contribution in [2.45, 2.75) is 19.0 Å². The predicted octanol–water partition coefficient (Wildman–Crippen LogP) is 4.32. The standard InChI is InChI=1S/C27H26Cl2N6O5/c1-14(13-38-3)34-22-20(31-23(34)18-11-30-27(40-5)32-24(18)39-4)26(37)35(19-10-17(29)12-33(2)25(19)36)21(22)15-6-8-16(28)9-7-15/h6-12,14,21H,13H2,1-5H3/t14-,21+/m1/s1. The second kappa shape index (κ2) is 10.9. The van der Waals surface area contributed by atoms with Crippen molar-refractivity contribution in [3.8, 4) is 23.3 Å². The normalized spacial score (nSPS) is 15.3. The zero-order chi connectivity index (χ0) is 28.7. The van der Waals surface area contributed by atoms with E-state index in [4.69, 9.17) is 42.4 Å².